The van der Waals surface area contributed by atoms with Gasteiger partial charge in [-0.15, -0.1) is 0 Å². The minimum Gasteiger partial charge on any atom is -0.479 e. The zero-order chi connectivity index (χ0) is 17.9. The van der Waals surface area contributed by atoms with E-state index in [9.17, 15) is 9.59 Å². The molecular formula is C16H12Cl3NO4. The van der Waals surface area contributed by atoms with Crippen LogP contribution in [0.5, 0.6) is 5.75 Å². The Kier molecular flexibility index (Phi) is 5.94. The van der Waals surface area contributed by atoms with Crippen LogP contribution in [0.15, 0.2) is 36.4 Å². The highest BCUT2D eigenvalue weighted by atomic mass is 35.5. The zero-order valence-electron chi connectivity index (χ0n) is 12.3. The summed E-state index contributed by atoms with van der Waals surface area (Å²) < 4.78 is 5.50. The molecule has 0 aromatic heterocycles. The monoisotopic (exact) mass is 387 g/mol. The number of rotatable bonds is 5. The molecule has 0 saturated carbocycles. The molecule has 0 spiro atoms. The van der Waals surface area contributed by atoms with E-state index in [1.54, 1.807) is 19.1 Å². The van der Waals surface area contributed by atoms with Crippen molar-refractivity contribution in [2.45, 2.75) is 13.0 Å². The van der Waals surface area contributed by atoms with Crippen LogP contribution in [0.1, 0.15) is 17.3 Å². The van der Waals surface area contributed by atoms with E-state index < -0.39 is 18.0 Å². The standard InChI is InChI=1S/C16H12Cl3NO4/c1-8(24-14-5-2-9(17)6-13(14)19)15(21)20-10-3-4-11(16(22)23)12(18)7-10/h2-8H,1H3,(H,20,21)(H,22,23)/t8-/m0/s1. The van der Waals surface area contributed by atoms with Gasteiger partial charge in [0.2, 0.25) is 0 Å². The number of carbonyl (C=O) groups is 2. The first-order valence-corrected chi connectivity index (χ1v) is 7.86. The summed E-state index contributed by atoms with van der Waals surface area (Å²) in [6, 6.07) is 8.76. The van der Waals surface area contributed by atoms with Gasteiger partial charge in [0.15, 0.2) is 6.10 Å². The van der Waals surface area contributed by atoms with Crippen molar-refractivity contribution in [1.82, 2.24) is 0 Å². The van der Waals surface area contributed by atoms with Gasteiger partial charge in [-0.3, -0.25) is 4.79 Å². The number of nitrogens with one attached hydrogen (secondary N) is 1. The van der Waals surface area contributed by atoms with Crippen LogP contribution in [0.3, 0.4) is 0 Å². The lowest BCUT2D eigenvalue weighted by Crippen LogP contribution is -2.30. The van der Waals surface area contributed by atoms with Crippen LogP contribution in [0.25, 0.3) is 0 Å². The molecule has 2 aromatic carbocycles. The molecule has 1 amide bonds. The van der Waals surface area contributed by atoms with Crippen LogP contribution >= 0.6 is 34.8 Å². The van der Waals surface area contributed by atoms with Gasteiger partial charge in [-0.1, -0.05) is 34.8 Å². The predicted octanol–water partition coefficient (Wildman–Crippen LogP) is 4.75. The summed E-state index contributed by atoms with van der Waals surface area (Å²) in [7, 11) is 0. The molecule has 0 heterocycles. The van der Waals surface area contributed by atoms with E-state index in [0.717, 1.165) is 0 Å². The quantitative estimate of drug-likeness (QED) is 0.775. The second-order valence-electron chi connectivity index (χ2n) is 4.82. The first-order valence-electron chi connectivity index (χ1n) is 6.73. The van der Waals surface area contributed by atoms with Gasteiger partial charge in [-0.2, -0.15) is 0 Å². The number of benzene rings is 2. The molecule has 2 aromatic rings. The van der Waals surface area contributed by atoms with Crippen molar-refractivity contribution in [2.24, 2.45) is 0 Å². The number of carboxylic acid groups (broad SMARTS) is 1. The maximum Gasteiger partial charge on any atom is 0.337 e. The van der Waals surface area contributed by atoms with E-state index in [1.807, 2.05) is 0 Å². The first kappa shape index (κ1) is 18.4. The molecule has 1 atom stereocenters. The largest absolute Gasteiger partial charge is 0.479 e. The first-order chi connectivity index (χ1) is 11.3. The molecule has 8 heteroatoms. The Hall–Kier alpha value is -1.95. The molecule has 0 unspecified atom stereocenters. The summed E-state index contributed by atoms with van der Waals surface area (Å²) in [6.45, 7) is 1.55. The maximum absolute atomic E-state index is 12.2. The number of carbonyl (C=O) groups excluding carboxylic acids is 1. The number of amides is 1. The minimum atomic E-state index is -1.15. The van der Waals surface area contributed by atoms with Gasteiger partial charge in [0.05, 0.1) is 15.6 Å². The lowest BCUT2D eigenvalue weighted by atomic mass is 10.2. The number of carboxylic acids is 1. The molecule has 0 aliphatic heterocycles. The average molecular weight is 389 g/mol. The van der Waals surface area contributed by atoms with Crippen LogP contribution < -0.4 is 10.1 Å². The molecule has 0 fully saturated rings. The number of hydrogen-bond acceptors (Lipinski definition) is 3. The van der Waals surface area contributed by atoms with Gasteiger partial charge in [0, 0.05) is 10.7 Å². The molecule has 2 N–H and O–H groups in total. The number of hydrogen-bond donors (Lipinski definition) is 2. The number of halogens is 3. The van der Waals surface area contributed by atoms with Crippen molar-refractivity contribution in [3.8, 4) is 5.75 Å². The fourth-order valence-corrected chi connectivity index (χ4v) is 2.54. The van der Waals surface area contributed by atoms with E-state index in [2.05, 4.69) is 5.32 Å². The smallest absolute Gasteiger partial charge is 0.337 e. The SMILES string of the molecule is C[C@H](Oc1ccc(Cl)cc1Cl)C(=O)Nc1ccc(C(=O)O)c(Cl)c1. The van der Waals surface area contributed by atoms with Gasteiger partial charge in [-0.05, 0) is 43.3 Å². The molecular weight excluding hydrogens is 377 g/mol. The number of anilines is 1. The van der Waals surface area contributed by atoms with Crippen LogP contribution in [-0.2, 0) is 4.79 Å². The van der Waals surface area contributed by atoms with E-state index in [0.29, 0.717) is 16.5 Å². The zero-order valence-corrected chi connectivity index (χ0v) is 14.6. The summed E-state index contributed by atoms with van der Waals surface area (Å²) in [5.74, 6) is -1.27. The van der Waals surface area contributed by atoms with Crippen molar-refractivity contribution in [3.63, 3.8) is 0 Å². The van der Waals surface area contributed by atoms with Crippen LogP contribution in [0.2, 0.25) is 15.1 Å². The molecule has 5 nitrogen and oxygen atoms in total. The van der Waals surface area contributed by atoms with Crippen molar-refractivity contribution in [1.29, 1.82) is 0 Å². The Bertz CT molecular complexity index is 795. The average Bonchev–Trinajstić information content (AvgIpc) is 2.49. The van der Waals surface area contributed by atoms with Crippen molar-refractivity contribution in [3.05, 3.63) is 57.0 Å². The van der Waals surface area contributed by atoms with Crippen molar-refractivity contribution < 1.29 is 19.4 Å². The second kappa shape index (κ2) is 7.75. The molecule has 0 aliphatic carbocycles. The molecule has 0 saturated heterocycles. The van der Waals surface area contributed by atoms with E-state index >= 15 is 0 Å². The topological polar surface area (TPSA) is 75.6 Å². The van der Waals surface area contributed by atoms with E-state index in [4.69, 9.17) is 44.6 Å². The maximum atomic E-state index is 12.2. The highest BCUT2D eigenvalue weighted by molar-refractivity contribution is 6.35. The van der Waals surface area contributed by atoms with Gasteiger partial charge < -0.3 is 15.2 Å². The summed E-state index contributed by atoms with van der Waals surface area (Å²) in [4.78, 5) is 23.1. The fraction of sp³-hybridized carbons (Fsp3) is 0.125. The summed E-state index contributed by atoms with van der Waals surface area (Å²) in [5, 5.41) is 12.3. The van der Waals surface area contributed by atoms with E-state index in [1.165, 1.54) is 24.3 Å². The molecule has 0 bridgehead atoms. The Morgan fingerprint density at radius 1 is 1.08 bits per heavy atom. The Labute approximate surface area is 153 Å². The summed E-state index contributed by atoms with van der Waals surface area (Å²) in [6.07, 6.45) is -0.846. The van der Waals surface area contributed by atoms with Crippen molar-refractivity contribution >= 4 is 52.4 Å². The lowest BCUT2D eigenvalue weighted by molar-refractivity contribution is -0.122. The predicted molar refractivity (Wildman–Crippen MR) is 93.6 cm³/mol. The molecule has 0 aliphatic rings. The van der Waals surface area contributed by atoms with Crippen LogP contribution in [0.4, 0.5) is 5.69 Å². The third-order valence-corrected chi connectivity index (χ3v) is 3.88. The van der Waals surface area contributed by atoms with Crippen molar-refractivity contribution in [2.75, 3.05) is 5.32 Å². The number of aromatic carboxylic acids is 1. The summed E-state index contributed by atoms with van der Waals surface area (Å²) >= 11 is 17.7. The third kappa shape index (κ3) is 4.54. The molecule has 126 valence electrons. The third-order valence-electron chi connectivity index (χ3n) is 3.03. The molecule has 0 radical (unpaired) electrons. The highest BCUT2D eigenvalue weighted by Gasteiger charge is 2.17. The summed E-state index contributed by atoms with van der Waals surface area (Å²) in [5.41, 5.74) is 0.305. The van der Waals surface area contributed by atoms with E-state index in [-0.39, 0.29) is 15.6 Å². The lowest BCUT2D eigenvalue weighted by Gasteiger charge is -2.16. The van der Waals surface area contributed by atoms with Gasteiger partial charge in [0.1, 0.15) is 5.75 Å². The van der Waals surface area contributed by atoms with Crippen LogP contribution in [-0.4, -0.2) is 23.1 Å². The Balaban J connectivity index is 2.06. The fourth-order valence-electron chi connectivity index (χ4n) is 1.82. The second-order valence-corrected chi connectivity index (χ2v) is 6.07. The molecule has 24 heavy (non-hydrogen) atoms. The van der Waals surface area contributed by atoms with Gasteiger partial charge in [-0.25, -0.2) is 4.79 Å². The number of ether oxygens (including phenoxy) is 1. The minimum absolute atomic E-state index is 0.0228. The molecule has 2 rings (SSSR count). The Morgan fingerprint density at radius 3 is 2.38 bits per heavy atom. The normalized spacial score (nSPS) is 11.7. The van der Waals surface area contributed by atoms with Gasteiger partial charge >= 0.3 is 5.97 Å². The van der Waals surface area contributed by atoms with Gasteiger partial charge in [0.25, 0.3) is 5.91 Å². The highest BCUT2D eigenvalue weighted by Crippen LogP contribution is 2.28. The Morgan fingerprint density at radius 2 is 1.79 bits per heavy atom. The van der Waals surface area contributed by atoms with Crippen LogP contribution in [0, 0.1) is 0 Å².